The van der Waals surface area contributed by atoms with Gasteiger partial charge in [-0.15, -0.1) is 11.3 Å². The molecule has 136 valence electrons. The molecular formula is C18H31N3O2S. The number of hydrogen-bond donors (Lipinski definition) is 0. The van der Waals surface area contributed by atoms with Crippen molar-refractivity contribution in [2.75, 3.05) is 60.2 Å². The number of nitrogens with zero attached hydrogens (tertiary/aromatic N) is 3. The van der Waals surface area contributed by atoms with E-state index in [1.54, 1.807) is 18.4 Å². The number of piperidine rings is 1. The maximum Gasteiger partial charge on any atom is 0.0798 e. The average Bonchev–Trinajstić information content (AvgIpc) is 3.13. The minimum absolute atomic E-state index is 0.434. The van der Waals surface area contributed by atoms with E-state index < -0.39 is 0 Å². The van der Waals surface area contributed by atoms with E-state index in [4.69, 9.17) is 9.47 Å². The van der Waals surface area contributed by atoms with Gasteiger partial charge in [0.1, 0.15) is 0 Å². The first-order chi connectivity index (χ1) is 11.7. The number of methoxy groups -OCH3 is 2. The molecule has 0 bridgehead atoms. The van der Waals surface area contributed by atoms with Gasteiger partial charge in [0, 0.05) is 51.2 Å². The van der Waals surface area contributed by atoms with Gasteiger partial charge in [0.2, 0.25) is 0 Å². The number of thiazole rings is 1. The molecule has 0 N–H and O–H groups in total. The van der Waals surface area contributed by atoms with E-state index in [0.717, 1.165) is 32.8 Å². The van der Waals surface area contributed by atoms with Crippen molar-refractivity contribution in [1.29, 1.82) is 0 Å². The van der Waals surface area contributed by atoms with E-state index in [-0.39, 0.29) is 0 Å². The van der Waals surface area contributed by atoms with Gasteiger partial charge in [-0.3, -0.25) is 4.90 Å². The van der Waals surface area contributed by atoms with Crippen molar-refractivity contribution in [1.82, 2.24) is 14.8 Å². The van der Waals surface area contributed by atoms with Crippen LogP contribution in [0.25, 0.3) is 0 Å². The van der Waals surface area contributed by atoms with Crippen LogP contribution in [-0.2, 0) is 16.0 Å². The van der Waals surface area contributed by atoms with Crippen molar-refractivity contribution < 1.29 is 9.47 Å². The molecule has 1 atom stereocenters. The van der Waals surface area contributed by atoms with E-state index in [9.17, 15) is 0 Å². The van der Waals surface area contributed by atoms with Crippen LogP contribution < -0.4 is 0 Å². The molecule has 0 radical (unpaired) electrons. The van der Waals surface area contributed by atoms with Gasteiger partial charge in [0.25, 0.3) is 0 Å². The van der Waals surface area contributed by atoms with E-state index in [2.05, 4.69) is 21.7 Å². The molecule has 0 saturated carbocycles. The van der Waals surface area contributed by atoms with Crippen molar-refractivity contribution in [3.63, 3.8) is 0 Å². The summed E-state index contributed by atoms with van der Waals surface area (Å²) >= 11 is 1.79. The second-order valence-electron chi connectivity index (χ2n) is 7.38. The molecule has 1 aromatic heterocycles. The normalized spacial score (nSPS) is 24.9. The molecule has 0 amide bonds. The fraction of sp³-hybridized carbons (Fsp3) is 0.833. The molecule has 5 nitrogen and oxygen atoms in total. The van der Waals surface area contributed by atoms with Gasteiger partial charge in [-0.25, -0.2) is 4.98 Å². The largest absolute Gasteiger partial charge is 0.384 e. The van der Waals surface area contributed by atoms with Crippen LogP contribution in [-0.4, -0.2) is 74.9 Å². The van der Waals surface area contributed by atoms with Crippen molar-refractivity contribution in [2.45, 2.75) is 26.3 Å². The molecule has 3 rings (SSSR count). The lowest BCUT2D eigenvalue weighted by atomic mass is 9.71. The monoisotopic (exact) mass is 353 g/mol. The van der Waals surface area contributed by atoms with Gasteiger partial charge in [0.15, 0.2) is 0 Å². The Morgan fingerprint density at radius 1 is 1.25 bits per heavy atom. The molecule has 1 unspecified atom stereocenters. The Kier molecular flexibility index (Phi) is 6.27. The van der Waals surface area contributed by atoms with Gasteiger partial charge in [0.05, 0.1) is 24.4 Å². The van der Waals surface area contributed by atoms with E-state index >= 15 is 0 Å². The minimum atomic E-state index is 0.434. The fourth-order valence-electron chi connectivity index (χ4n) is 4.37. The maximum atomic E-state index is 5.56. The Bertz CT molecular complexity index is 514. The highest BCUT2D eigenvalue weighted by molar-refractivity contribution is 7.09. The number of hydrogen-bond acceptors (Lipinski definition) is 6. The third-order valence-corrected chi connectivity index (χ3v) is 6.85. The summed E-state index contributed by atoms with van der Waals surface area (Å²) in [7, 11) is 3.63. The molecule has 0 aliphatic carbocycles. The predicted octanol–water partition coefficient (Wildman–Crippen LogP) is 2.26. The van der Waals surface area contributed by atoms with Crippen molar-refractivity contribution in [3.8, 4) is 0 Å². The summed E-state index contributed by atoms with van der Waals surface area (Å²) in [5, 5.41) is 0. The van der Waals surface area contributed by atoms with Crippen LogP contribution in [0, 0.1) is 18.3 Å². The van der Waals surface area contributed by atoms with Crippen LogP contribution >= 0.6 is 11.3 Å². The highest BCUT2D eigenvalue weighted by Gasteiger charge is 2.47. The average molecular weight is 354 g/mol. The zero-order valence-corrected chi connectivity index (χ0v) is 16.1. The molecule has 1 spiro atoms. The Morgan fingerprint density at radius 3 is 2.67 bits per heavy atom. The Morgan fingerprint density at radius 2 is 2.04 bits per heavy atom. The SMILES string of the molecule is COCCN1CC(COC)C2(CCN(Cc3scnc3C)CC2)C1. The Balaban J connectivity index is 1.58. The molecule has 6 heteroatoms. The van der Waals surface area contributed by atoms with Gasteiger partial charge in [-0.05, 0) is 38.3 Å². The first kappa shape index (κ1) is 18.3. The third kappa shape index (κ3) is 3.99. The quantitative estimate of drug-likeness (QED) is 0.752. The number of aromatic nitrogens is 1. The summed E-state index contributed by atoms with van der Waals surface area (Å²) in [5.74, 6) is 0.659. The van der Waals surface area contributed by atoms with E-state index in [1.807, 2.05) is 12.6 Å². The van der Waals surface area contributed by atoms with Crippen molar-refractivity contribution >= 4 is 11.3 Å². The molecule has 2 aliphatic rings. The predicted molar refractivity (Wildman–Crippen MR) is 97.5 cm³/mol. The zero-order chi connectivity index (χ0) is 17.0. The van der Waals surface area contributed by atoms with E-state index in [0.29, 0.717) is 11.3 Å². The Hall–Kier alpha value is -0.530. The smallest absolute Gasteiger partial charge is 0.0798 e. The zero-order valence-electron chi connectivity index (χ0n) is 15.3. The summed E-state index contributed by atoms with van der Waals surface area (Å²) in [5.41, 5.74) is 3.60. The molecule has 24 heavy (non-hydrogen) atoms. The number of aryl methyl sites for hydroxylation is 1. The number of rotatable bonds is 7. The van der Waals surface area contributed by atoms with E-state index in [1.165, 1.54) is 43.0 Å². The lowest BCUT2D eigenvalue weighted by Crippen LogP contribution is -2.45. The fourth-order valence-corrected chi connectivity index (χ4v) is 5.19. The lowest BCUT2D eigenvalue weighted by molar-refractivity contribution is 0.0350. The van der Waals surface area contributed by atoms with Crippen LogP contribution in [0.2, 0.25) is 0 Å². The molecule has 1 aromatic rings. The summed E-state index contributed by atoms with van der Waals surface area (Å²) in [6.45, 7) is 10.7. The van der Waals surface area contributed by atoms with Crippen LogP contribution in [0.3, 0.4) is 0 Å². The highest BCUT2D eigenvalue weighted by atomic mass is 32.1. The van der Waals surface area contributed by atoms with Crippen LogP contribution in [0.1, 0.15) is 23.4 Å². The van der Waals surface area contributed by atoms with Crippen LogP contribution in [0.5, 0.6) is 0 Å². The Labute approximate surface area is 150 Å². The standard InChI is InChI=1S/C18H31N3O2S/c1-15-17(24-14-19-15)11-20-6-4-18(5-7-20)13-21(8-9-22-2)10-16(18)12-23-3/h14,16H,4-13H2,1-3H3. The van der Waals surface area contributed by atoms with Gasteiger partial charge in [-0.1, -0.05) is 0 Å². The summed E-state index contributed by atoms with van der Waals surface area (Å²) in [6, 6.07) is 0. The second-order valence-corrected chi connectivity index (χ2v) is 8.32. The first-order valence-electron chi connectivity index (χ1n) is 8.98. The number of likely N-dealkylation sites (tertiary alicyclic amines) is 2. The van der Waals surface area contributed by atoms with Crippen molar-refractivity contribution in [2.24, 2.45) is 11.3 Å². The summed E-state index contributed by atoms with van der Waals surface area (Å²) < 4.78 is 10.8. The minimum Gasteiger partial charge on any atom is -0.384 e. The van der Waals surface area contributed by atoms with Gasteiger partial charge in [-0.2, -0.15) is 0 Å². The van der Waals surface area contributed by atoms with Gasteiger partial charge >= 0.3 is 0 Å². The highest BCUT2D eigenvalue weighted by Crippen LogP contribution is 2.45. The molecule has 2 fully saturated rings. The number of ether oxygens (including phenoxy) is 2. The molecule has 2 saturated heterocycles. The van der Waals surface area contributed by atoms with Crippen LogP contribution in [0.4, 0.5) is 0 Å². The summed E-state index contributed by atoms with van der Waals surface area (Å²) in [6.07, 6.45) is 2.56. The molecule has 2 aliphatic heterocycles. The van der Waals surface area contributed by atoms with Gasteiger partial charge < -0.3 is 14.4 Å². The first-order valence-corrected chi connectivity index (χ1v) is 9.86. The molecular weight excluding hydrogens is 322 g/mol. The lowest BCUT2D eigenvalue weighted by Gasteiger charge is -2.42. The summed E-state index contributed by atoms with van der Waals surface area (Å²) in [4.78, 5) is 11.0. The van der Waals surface area contributed by atoms with Crippen molar-refractivity contribution in [3.05, 3.63) is 16.1 Å². The van der Waals surface area contributed by atoms with Crippen LogP contribution in [0.15, 0.2) is 5.51 Å². The topological polar surface area (TPSA) is 37.8 Å². The molecule has 3 heterocycles. The third-order valence-electron chi connectivity index (χ3n) is 5.93. The maximum absolute atomic E-state index is 5.56. The molecule has 0 aromatic carbocycles. The second kappa shape index (κ2) is 8.23.